The number of hydrogen-bond acceptors (Lipinski definition) is 4. The Labute approximate surface area is 153 Å². The van der Waals surface area contributed by atoms with E-state index in [1.807, 2.05) is 25.1 Å². The summed E-state index contributed by atoms with van der Waals surface area (Å²) in [6, 6.07) is 11.9. The fourth-order valence-corrected chi connectivity index (χ4v) is 3.20. The van der Waals surface area contributed by atoms with Gasteiger partial charge in [0.1, 0.15) is 0 Å². The molecule has 0 bridgehead atoms. The first kappa shape index (κ1) is 17.3. The Morgan fingerprint density at radius 2 is 2.04 bits per heavy atom. The lowest BCUT2D eigenvalue weighted by molar-refractivity contribution is -0.115. The van der Waals surface area contributed by atoms with E-state index in [-0.39, 0.29) is 11.5 Å². The van der Waals surface area contributed by atoms with E-state index >= 15 is 0 Å². The standard InChI is InChI=1S/C18H13ClN2O3S/c1-10-6-7-12(17(23)24)8-14(10)20-18-21-16(22)15(25-18)9-11-4-2-3-5-13(11)19/h2-9H,1H3,(H,23,24)(H,20,21,22)/b15-9-. The number of carboxylic acid groups (broad SMARTS) is 1. The number of rotatable bonds is 3. The maximum absolute atomic E-state index is 12.1. The number of aromatic carboxylic acids is 1. The van der Waals surface area contributed by atoms with Crippen molar-refractivity contribution in [1.29, 1.82) is 0 Å². The van der Waals surface area contributed by atoms with Crippen LogP contribution in [0.1, 0.15) is 21.5 Å². The number of benzene rings is 2. The van der Waals surface area contributed by atoms with Crippen molar-refractivity contribution in [2.45, 2.75) is 6.92 Å². The number of carboxylic acids is 1. The minimum absolute atomic E-state index is 0.145. The molecule has 1 saturated heterocycles. The van der Waals surface area contributed by atoms with Crippen LogP contribution < -0.4 is 5.32 Å². The van der Waals surface area contributed by atoms with Crippen molar-refractivity contribution >= 4 is 52.2 Å². The Morgan fingerprint density at radius 3 is 2.76 bits per heavy atom. The van der Waals surface area contributed by atoms with E-state index in [0.29, 0.717) is 20.8 Å². The second-order valence-corrected chi connectivity index (χ2v) is 6.75. The van der Waals surface area contributed by atoms with Crippen LogP contribution in [0.25, 0.3) is 6.08 Å². The van der Waals surface area contributed by atoms with E-state index < -0.39 is 5.97 Å². The summed E-state index contributed by atoms with van der Waals surface area (Å²) in [6.07, 6.45) is 1.70. The Balaban J connectivity index is 1.90. The second kappa shape index (κ2) is 7.13. The molecule has 3 rings (SSSR count). The van der Waals surface area contributed by atoms with Gasteiger partial charge in [0, 0.05) is 5.02 Å². The predicted octanol–water partition coefficient (Wildman–Crippen LogP) is 4.24. The van der Waals surface area contributed by atoms with Gasteiger partial charge in [0.05, 0.1) is 16.2 Å². The van der Waals surface area contributed by atoms with Crippen LogP contribution >= 0.6 is 23.4 Å². The molecule has 25 heavy (non-hydrogen) atoms. The molecular weight excluding hydrogens is 360 g/mol. The molecule has 0 radical (unpaired) electrons. The number of amidine groups is 1. The molecule has 0 aliphatic carbocycles. The lowest BCUT2D eigenvalue weighted by Crippen LogP contribution is -2.19. The zero-order valence-electron chi connectivity index (χ0n) is 13.1. The Hall–Kier alpha value is -2.57. The average molecular weight is 373 g/mol. The van der Waals surface area contributed by atoms with Gasteiger partial charge in [0.25, 0.3) is 5.91 Å². The Morgan fingerprint density at radius 1 is 1.28 bits per heavy atom. The molecule has 0 spiro atoms. The van der Waals surface area contributed by atoms with Gasteiger partial charge in [-0.15, -0.1) is 0 Å². The minimum atomic E-state index is -1.02. The van der Waals surface area contributed by atoms with Gasteiger partial charge in [-0.2, -0.15) is 0 Å². The van der Waals surface area contributed by atoms with Gasteiger partial charge in [-0.3, -0.25) is 4.79 Å². The molecule has 2 N–H and O–H groups in total. The number of nitrogens with one attached hydrogen (secondary N) is 1. The first-order valence-electron chi connectivity index (χ1n) is 7.32. The quantitative estimate of drug-likeness (QED) is 0.790. The topological polar surface area (TPSA) is 78.8 Å². The molecule has 1 fully saturated rings. The lowest BCUT2D eigenvalue weighted by Gasteiger charge is -2.03. The molecule has 0 saturated carbocycles. The number of aliphatic imine (C=N–C) groups is 1. The number of aryl methyl sites for hydroxylation is 1. The number of nitrogens with zero attached hydrogens (tertiary/aromatic N) is 1. The van der Waals surface area contributed by atoms with Crippen LogP contribution in [0.4, 0.5) is 5.69 Å². The maximum Gasteiger partial charge on any atom is 0.335 e. The SMILES string of the molecule is Cc1ccc(C(=O)O)cc1N=C1NC(=O)/C(=C/c2ccccc2Cl)S1. The highest BCUT2D eigenvalue weighted by Gasteiger charge is 2.24. The van der Waals surface area contributed by atoms with Crippen LogP contribution in [-0.4, -0.2) is 22.2 Å². The van der Waals surface area contributed by atoms with E-state index in [1.165, 1.54) is 23.9 Å². The third-order valence-electron chi connectivity index (χ3n) is 3.52. The molecule has 5 nitrogen and oxygen atoms in total. The van der Waals surface area contributed by atoms with Crippen LogP contribution in [0.3, 0.4) is 0 Å². The highest BCUT2D eigenvalue weighted by molar-refractivity contribution is 8.18. The molecule has 126 valence electrons. The number of amides is 1. The fourth-order valence-electron chi connectivity index (χ4n) is 2.19. The van der Waals surface area contributed by atoms with Gasteiger partial charge >= 0.3 is 5.97 Å². The molecule has 2 aromatic carbocycles. The van der Waals surface area contributed by atoms with E-state index in [9.17, 15) is 9.59 Å². The van der Waals surface area contributed by atoms with Gasteiger partial charge in [-0.05, 0) is 54.1 Å². The summed E-state index contributed by atoms with van der Waals surface area (Å²) in [5, 5.41) is 12.7. The van der Waals surface area contributed by atoms with Gasteiger partial charge in [-0.1, -0.05) is 35.9 Å². The Bertz CT molecular complexity index is 938. The summed E-state index contributed by atoms with van der Waals surface area (Å²) < 4.78 is 0. The van der Waals surface area contributed by atoms with Crippen LogP contribution in [-0.2, 0) is 4.79 Å². The molecule has 2 aromatic rings. The second-order valence-electron chi connectivity index (χ2n) is 5.31. The zero-order valence-corrected chi connectivity index (χ0v) is 14.7. The summed E-state index contributed by atoms with van der Waals surface area (Å²) in [5.74, 6) is -1.29. The molecule has 0 unspecified atom stereocenters. The van der Waals surface area contributed by atoms with Gasteiger partial charge < -0.3 is 10.4 Å². The fraction of sp³-hybridized carbons (Fsp3) is 0.0556. The van der Waals surface area contributed by atoms with Crippen LogP contribution in [0.5, 0.6) is 0 Å². The molecular formula is C18H13ClN2O3S. The first-order valence-corrected chi connectivity index (χ1v) is 8.51. The predicted molar refractivity (Wildman–Crippen MR) is 100 cm³/mol. The summed E-state index contributed by atoms with van der Waals surface area (Å²) in [7, 11) is 0. The molecule has 7 heteroatoms. The molecule has 0 aromatic heterocycles. The van der Waals surface area contributed by atoms with E-state index in [0.717, 1.165) is 11.1 Å². The number of carbonyl (C=O) groups is 2. The van der Waals surface area contributed by atoms with E-state index in [2.05, 4.69) is 10.3 Å². The Kier molecular flexibility index (Phi) is 4.92. The highest BCUT2D eigenvalue weighted by Crippen LogP contribution is 2.30. The van der Waals surface area contributed by atoms with Crippen LogP contribution in [0, 0.1) is 6.92 Å². The van der Waals surface area contributed by atoms with Crippen molar-refractivity contribution in [2.75, 3.05) is 0 Å². The monoisotopic (exact) mass is 372 g/mol. The average Bonchev–Trinajstić information content (AvgIpc) is 2.91. The van der Waals surface area contributed by atoms with Crippen molar-refractivity contribution in [3.8, 4) is 0 Å². The number of hydrogen-bond donors (Lipinski definition) is 2. The van der Waals surface area contributed by atoms with Crippen molar-refractivity contribution in [3.63, 3.8) is 0 Å². The summed E-state index contributed by atoms with van der Waals surface area (Å²) in [4.78, 5) is 28.1. The molecule has 1 amide bonds. The smallest absolute Gasteiger partial charge is 0.335 e. The summed E-state index contributed by atoms with van der Waals surface area (Å²) >= 11 is 7.30. The van der Waals surface area contributed by atoms with Crippen molar-refractivity contribution in [1.82, 2.24) is 5.32 Å². The normalized spacial score (nSPS) is 17.1. The van der Waals surface area contributed by atoms with E-state index in [4.69, 9.17) is 16.7 Å². The van der Waals surface area contributed by atoms with Crippen molar-refractivity contribution in [3.05, 3.63) is 69.1 Å². The number of halogens is 1. The molecule has 1 aliphatic heterocycles. The van der Waals surface area contributed by atoms with Gasteiger partial charge in [-0.25, -0.2) is 9.79 Å². The van der Waals surface area contributed by atoms with Gasteiger partial charge in [0.15, 0.2) is 5.17 Å². The summed E-state index contributed by atoms with van der Waals surface area (Å²) in [5.41, 5.74) is 2.20. The summed E-state index contributed by atoms with van der Waals surface area (Å²) in [6.45, 7) is 1.83. The maximum atomic E-state index is 12.1. The van der Waals surface area contributed by atoms with Crippen LogP contribution in [0.15, 0.2) is 52.4 Å². The zero-order chi connectivity index (χ0) is 18.0. The molecule has 0 atom stereocenters. The lowest BCUT2D eigenvalue weighted by atomic mass is 10.1. The van der Waals surface area contributed by atoms with Crippen molar-refractivity contribution < 1.29 is 14.7 Å². The molecule has 1 aliphatic rings. The van der Waals surface area contributed by atoms with E-state index in [1.54, 1.807) is 18.2 Å². The number of thioether (sulfide) groups is 1. The largest absolute Gasteiger partial charge is 0.478 e. The number of carbonyl (C=O) groups excluding carboxylic acids is 1. The third kappa shape index (κ3) is 3.92. The first-order chi connectivity index (χ1) is 11.9. The van der Waals surface area contributed by atoms with Gasteiger partial charge in [0.2, 0.25) is 0 Å². The highest BCUT2D eigenvalue weighted by atomic mass is 35.5. The van der Waals surface area contributed by atoms with Crippen LogP contribution in [0.2, 0.25) is 5.02 Å². The molecule has 1 heterocycles. The minimum Gasteiger partial charge on any atom is -0.478 e. The van der Waals surface area contributed by atoms with Crippen molar-refractivity contribution in [2.24, 2.45) is 4.99 Å². The third-order valence-corrected chi connectivity index (χ3v) is 4.77.